The van der Waals surface area contributed by atoms with Gasteiger partial charge in [-0.2, -0.15) is 0 Å². The summed E-state index contributed by atoms with van der Waals surface area (Å²) in [4.78, 5) is 4.24. The molecular weight excluding hydrogens is 172 g/mol. The minimum atomic E-state index is 0.650. The molecule has 0 saturated carbocycles. The first-order valence-electron chi connectivity index (χ1n) is 4.47. The summed E-state index contributed by atoms with van der Waals surface area (Å²) in [7, 11) is 0. The average molecular weight is 188 g/mol. The van der Waals surface area contributed by atoms with Crippen LogP contribution in [0.5, 0.6) is 0 Å². The van der Waals surface area contributed by atoms with E-state index in [9.17, 15) is 0 Å². The van der Waals surface area contributed by atoms with Gasteiger partial charge in [-0.05, 0) is 12.8 Å². The van der Waals surface area contributed by atoms with Crippen LogP contribution in [0.25, 0.3) is 0 Å². The number of nitrogens with zero attached hydrogens (tertiary/aromatic N) is 1. The van der Waals surface area contributed by atoms with Crippen LogP contribution in [-0.4, -0.2) is 18.4 Å². The number of rotatable bonds is 0. The summed E-state index contributed by atoms with van der Waals surface area (Å²) >= 11 is 1.11. The normalized spacial score (nSPS) is 20.9. The third-order valence-corrected chi connectivity index (χ3v) is 2.32. The number of nitrogens with two attached hydrogens (primary N) is 1. The summed E-state index contributed by atoms with van der Waals surface area (Å²) in [5.74, 6) is 0. The maximum atomic E-state index is 5.37. The number of hydrogen-bond acceptors (Lipinski definition) is 4. The molecule has 0 aromatic rings. The molecule has 0 atom stereocenters. The smallest absolute Gasteiger partial charge is 0.261 e. The van der Waals surface area contributed by atoms with Crippen LogP contribution in [0.2, 0.25) is 0 Å². The Morgan fingerprint density at radius 3 is 2.75 bits per heavy atom. The number of ether oxygens (including phenoxy) is 1. The van der Waals surface area contributed by atoms with Crippen molar-refractivity contribution in [3.8, 4) is 0 Å². The van der Waals surface area contributed by atoms with Gasteiger partial charge in [-0.3, -0.25) is 5.14 Å². The number of hydrogen-bond donors (Lipinski definition) is 1. The van der Waals surface area contributed by atoms with Gasteiger partial charge in [0, 0.05) is 18.5 Å². The van der Waals surface area contributed by atoms with E-state index >= 15 is 0 Å². The van der Waals surface area contributed by atoms with Crippen LogP contribution < -0.4 is 5.14 Å². The van der Waals surface area contributed by atoms with Crippen LogP contribution in [0, 0.1) is 0 Å². The monoisotopic (exact) mass is 188 g/mol. The van der Waals surface area contributed by atoms with Gasteiger partial charge in [0.2, 0.25) is 0 Å². The molecule has 3 nitrogen and oxygen atoms in total. The summed E-state index contributed by atoms with van der Waals surface area (Å²) in [6.45, 7) is 1.63. The molecule has 70 valence electrons. The molecule has 0 amide bonds. The van der Waals surface area contributed by atoms with Crippen molar-refractivity contribution in [3.63, 3.8) is 0 Å². The summed E-state index contributed by atoms with van der Waals surface area (Å²) in [5.41, 5.74) is 0. The standard InChI is InChI=1S/C8H16N2OS/c9-12-8-10-6-4-2-1-3-5-7-11-8/h1-7,9H2. The minimum absolute atomic E-state index is 0.650. The van der Waals surface area contributed by atoms with Crippen molar-refractivity contribution in [3.05, 3.63) is 0 Å². The Labute approximate surface area is 77.9 Å². The Kier molecular flexibility index (Phi) is 5.19. The molecular formula is C8H16N2OS. The largest absolute Gasteiger partial charge is 0.472 e. The van der Waals surface area contributed by atoms with Crippen molar-refractivity contribution in [2.24, 2.45) is 10.1 Å². The van der Waals surface area contributed by atoms with E-state index in [0.29, 0.717) is 5.23 Å². The number of aliphatic imine (C=N–C) groups is 1. The van der Waals surface area contributed by atoms with Crippen LogP contribution in [0.15, 0.2) is 4.99 Å². The molecule has 0 radical (unpaired) electrons. The Bertz CT molecular complexity index is 150. The van der Waals surface area contributed by atoms with Gasteiger partial charge in [0.1, 0.15) is 0 Å². The SMILES string of the molecule is NSC1=NCCCCCCCO1. The Morgan fingerprint density at radius 2 is 1.92 bits per heavy atom. The van der Waals surface area contributed by atoms with Gasteiger partial charge in [-0.1, -0.05) is 19.3 Å². The fraction of sp³-hybridized carbons (Fsp3) is 0.875. The van der Waals surface area contributed by atoms with Gasteiger partial charge in [0.05, 0.1) is 6.61 Å². The summed E-state index contributed by atoms with van der Waals surface area (Å²) in [6.07, 6.45) is 6.14. The first kappa shape index (κ1) is 9.86. The maximum Gasteiger partial charge on any atom is 0.261 e. The highest BCUT2D eigenvalue weighted by Crippen LogP contribution is 2.08. The highest BCUT2D eigenvalue weighted by Gasteiger charge is 2.00. The highest BCUT2D eigenvalue weighted by atomic mass is 32.2. The van der Waals surface area contributed by atoms with Crippen molar-refractivity contribution in [1.29, 1.82) is 0 Å². The van der Waals surface area contributed by atoms with E-state index in [4.69, 9.17) is 9.88 Å². The van der Waals surface area contributed by atoms with Gasteiger partial charge < -0.3 is 4.74 Å². The average Bonchev–Trinajstić information content (AvgIpc) is 2.14. The third kappa shape index (κ3) is 3.97. The fourth-order valence-electron chi connectivity index (χ4n) is 1.19. The van der Waals surface area contributed by atoms with E-state index in [2.05, 4.69) is 4.99 Å². The molecule has 0 aromatic carbocycles. The van der Waals surface area contributed by atoms with Gasteiger partial charge in [0.25, 0.3) is 5.23 Å². The molecule has 0 bridgehead atoms. The molecule has 0 unspecified atom stereocenters. The summed E-state index contributed by atoms with van der Waals surface area (Å²) in [5, 5.41) is 6.02. The highest BCUT2D eigenvalue weighted by molar-refractivity contribution is 8.11. The van der Waals surface area contributed by atoms with Gasteiger partial charge in [0.15, 0.2) is 0 Å². The van der Waals surface area contributed by atoms with E-state index in [0.717, 1.165) is 37.9 Å². The predicted octanol–water partition coefficient (Wildman–Crippen LogP) is 1.93. The molecule has 0 fully saturated rings. The minimum Gasteiger partial charge on any atom is -0.472 e. The van der Waals surface area contributed by atoms with Crippen LogP contribution >= 0.6 is 11.9 Å². The van der Waals surface area contributed by atoms with Crippen LogP contribution in [-0.2, 0) is 4.74 Å². The van der Waals surface area contributed by atoms with E-state index in [1.54, 1.807) is 0 Å². The van der Waals surface area contributed by atoms with Crippen molar-refractivity contribution in [2.45, 2.75) is 32.1 Å². The van der Waals surface area contributed by atoms with Crippen LogP contribution in [0.4, 0.5) is 0 Å². The van der Waals surface area contributed by atoms with E-state index in [1.165, 1.54) is 19.3 Å². The fourth-order valence-corrected chi connectivity index (χ4v) is 1.51. The Hall–Kier alpha value is -0.220. The lowest BCUT2D eigenvalue weighted by atomic mass is 10.1. The molecule has 0 spiro atoms. The molecule has 12 heavy (non-hydrogen) atoms. The van der Waals surface area contributed by atoms with Crippen molar-refractivity contribution in [1.82, 2.24) is 0 Å². The topological polar surface area (TPSA) is 47.6 Å². The second kappa shape index (κ2) is 6.31. The Morgan fingerprint density at radius 1 is 1.17 bits per heavy atom. The van der Waals surface area contributed by atoms with Crippen LogP contribution in [0.1, 0.15) is 32.1 Å². The maximum absolute atomic E-state index is 5.37. The van der Waals surface area contributed by atoms with E-state index in [-0.39, 0.29) is 0 Å². The zero-order valence-electron chi connectivity index (χ0n) is 7.29. The zero-order chi connectivity index (χ0) is 8.65. The van der Waals surface area contributed by atoms with Gasteiger partial charge >= 0.3 is 0 Å². The molecule has 1 rings (SSSR count). The third-order valence-electron chi connectivity index (χ3n) is 1.87. The van der Waals surface area contributed by atoms with Crippen molar-refractivity contribution < 1.29 is 4.74 Å². The lowest BCUT2D eigenvalue weighted by molar-refractivity contribution is 0.297. The molecule has 1 aliphatic rings. The quantitative estimate of drug-likeness (QED) is 0.591. The molecule has 1 aliphatic heterocycles. The van der Waals surface area contributed by atoms with Crippen molar-refractivity contribution in [2.75, 3.05) is 13.2 Å². The Balaban J connectivity index is 2.32. The van der Waals surface area contributed by atoms with Crippen molar-refractivity contribution >= 4 is 17.2 Å². The predicted molar refractivity (Wildman–Crippen MR) is 53.1 cm³/mol. The molecule has 0 saturated heterocycles. The van der Waals surface area contributed by atoms with Gasteiger partial charge in [-0.15, -0.1) is 0 Å². The second-order valence-electron chi connectivity index (χ2n) is 2.88. The zero-order valence-corrected chi connectivity index (χ0v) is 8.11. The molecule has 4 heteroatoms. The molecule has 1 heterocycles. The summed E-state index contributed by atoms with van der Waals surface area (Å²) in [6, 6.07) is 0. The first-order chi connectivity index (χ1) is 5.93. The summed E-state index contributed by atoms with van der Waals surface area (Å²) < 4.78 is 5.36. The van der Waals surface area contributed by atoms with Gasteiger partial charge in [-0.25, -0.2) is 4.99 Å². The molecule has 2 N–H and O–H groups in total. The first-order valence-corrected chi connectivity index (χ1v) is 5.35. The van der Waals surface area contributed by atoms with Crippen LogP contribution in [0.3, 0.4) is 0 Å². The molecule has 0 aromatic heterocycles. The molecule has 0 aliphatic carbocycles. The lowest BCUT2D eigenvalue weighted by Crippen LogP contribution is -2.07. The van der Waals surface area contributed by atoms with E-state index < -0.39 is 0 Å². The van der Waals surface area contributed by atoms with E-state index in [1.807, 2.05) is 0 Å². The lowest BCUT2D eigenvalue weighted by Gasteiger charge is -2.08. The second-order valence-corrected chi connectivity index (χ2v) is 3.47.